The maximum atomic E-state index is 3.86. The van der Waals surface area contributed by atoms with Gasteiger partial charge in [-0.1, -0.05) is 19.3 Å². The normalized spacial score (nSPS) is 43.1. The van der Waals surface area contributed by atoms with Crippen LogP contribution in [0.15, 0.2) is 0 Å². The van der Waals surface area contributed by atoms with Crippen LogP contribution in [-0.4, -0.2) is 36.1 Å². The van der Waals surface area contributed by atoms with Crippen LogP contribution in [0.1, 0.15) is 58.3 Å². The van der Waals surface area contributed by atoms with Crippen LogP contribution in [0, 0.1) is 17.8 Å². The fraction of sp³-hybridized carbons (Fsp3) is 1.00. The molecule has 19 heavy (non-hydrogen) atoms. The van der Waals surface area contributed by atoms with Crippen LogP contribution in [0.3, 0.4) is 0 Å². The van der Waals surface area contributed by atoms with Gasteiger partial charge in [-0.2, -0.15) is 0 Å². The van der Waals surface area contributed by atoms with Gasteiger partial charge in [-0.25, -0.2) is 0 Å². The van der Waals surface area contributed by atoms with E-state index in [1.54, 1.807) is 19.3 Å². The predicted octanol–water partition coefficient (Wildman–Crippen LogP) is 3.03. The van der Waals surface area contributed by atoms with Crippen LogP contribution in [0.2, 0.25) is 0 Å². The van der Waals surface area contributed by atoms with Crippen LogP contribution >= 0.6 is 0 Å². The van der Waals surface area contributed by atoms with Crippen molar-refractivity contribution in [1.29, 1.82) is 0 Å². The van der Waals surface area contributed by atoms with Gasteiger partial charge in [0.05, 0.1) is 0 Å². The molecule has 1 saturated heterocycles. The minimum atomic E-state index is 0.504. The summed E-state index contributed by atoms with van der Waals surface area (Å²) >= 11 is 0. The zero-order chi connectivity index (χ0) is 12.9. The summed E-state index contributed by atoms with van der Waals surface area (Å²) in [6.45, 7) is 6.39. The number of fused-ring (bicyclic) bond motifs is 2. The molecule has 1 aliphatic heterocycles. The fourth-order valence-electron chi connectivity index (χ4n) is 5.88. The summed E-state index contributed by atoms with van der Waals surface area (Å²) < 4.78 is 0. The first-order chi connectivity index (χ1) is 9.26. The molecule has 3 saturated carbocycles. The molecular formula is C17H30N2. The van der Waals surface area contributed by atoms with Crippen molar-refractivity contribution in [2.24, 2.45) is 17.8 Å². The molecule has 2 nitrogen and oxygen atoms in total. The highest BCUT2D eigenvalue weighted by molar-refractivity contribution is 5.01. The minimum Gasteiger partial charge on any atom is -0.309 e. The second kappa shape index (κ2) is 4.73. The monoisotopic (exact) mass is 262 g/mol. The van der Waals surface area contributed by atoms with Crippen molar-refractivity contribution in [1.82, 2.24) is 10.2 Å². The van der Waals surface area contributed by atoms with Crippen LogP contribution in [0.4, 0.5) is 0 Å². The van der Waals surface area contributed by atoms with E-state index in [2.05, 4.69) is 17.1 Å². The van der Waals surface area contributed by atoms with E-state index >= 15 is 0 Å². The summed E-state index contributed by atoms with van der Waals surface area (Å²) in [6.07, 6.45) is 11.9. The second-order valence-corrected chi connectivity index (χ2v) is 7.96. The molecule has 4 fully saturated rings. The number of hydrogen-bond donors (Lipinski definition) is 1. The molecule has 0 amide bonds. The van der Waals surface area contributed by atoms with E-state index in [0.29, 0.717) is 5.54 Å². The molecule has 1 spiro atoms. The number of hydrogen-bond acceptors (Lipinski definition) is 2. The maximum Gasteiger partial charge on any atom is 0.0309 e. The summed E-state index contributed by atoms with van der Waals surface area (Å²) in [7, 11) is 0. The standard InChI is InChI=1S/C17H30N2/c1-13(16-11-14-4-5-15(16)10-14)19-9-8-18-17(12-19)6-2-3-7-17/h13-16,18H,2-12H2,1H3. The van der Waals surface area contributed by atoms with E-state index in [1.165, 1.54) is 51.7 Å². The largest absolute Gasteiger partial charge is 0.309 e. The Kier molecular flexibility index (Phi) is 3.15. The highest BCUT2D eigenvalue weighted by Gasteiger charge is 2.45. The van der Waals surface area contributed by atoms with Gasteiger partial charge in [0, 0.05) is 31.2 Å². The van der Waals surface area contributed by atoms with Crippen molar-refractivity contribution < 1.29 is 0 Å². The summed E-state index contributed by atoms with van der Waals surface area (Å²) in [5.41, 5.74) is 0.504. The van der Waals surface area contributed by atoms with Crippen molar-refractivity contribution in [2.75, 3.05) is 19.6 Å². The Balaban J connectivity index is 1.43. The molecule has 1 heterocycles. The Morgan fingerprint density at radius 2 is 2.00 bits per heavy atom. The Hall–Kier alpha value is -0.0800. The lowest BCUT2D eigenvalue weighted by Crippen LogP contribution is -2.61. The average Bonchev–Trinajstić information content (AvgIpc) is 3.14. The quantitative estimate of drug-likeness (QED) is 0.823. The maximum absolute atomic E-state index is 3.86. The van der Waals surface area contributed by atoms with Gasteiger partial charge in [-0.3, -0.25) is 4.90 Å². The molecule has 3 aliphatic carbocycles. The Morgan fingerprint density at radius 3 is 2.68 bits per heavy atom. The lowest BCUT2D eigenvalue weighted by Gasteiger charge is -2.46. The highest BCUT2D eigenvalue weighted by Crippen LogP contribution is 2.50. The second-order valence-electron chi connectivity index (χ2n) is 7.96. The lowest BCUT2D eigenvalue weighted by atomic mass is 9.82. The Labute approximate surface area is 118 Å². The number of nitrogens with one attached hydrogen (secondary N) is 1. The van der Waals surface area contributed by atoms with Gasteiger partial charge in [0.2, 0.25) is 0 Å². The zero-order valence-corrected chi connectivity index (χ0v) is 12.5. The van der Waals surface area contributed by atoms with Gasteiger partial charge < -0.3 is 5.32 Å². The van der Waals surface area contributed by atoms with Crippen LogP contribution in [0.25, 0.3) is 0 Å². The Bertz CT molecular complexity index is 334. The van der Waals surface area contributed by atoms with Crippen molar-refractivity contribution >= 4 is 0 Å². The van der Waals surface area contributed by atoms with Crippen molar-refractivity contribution in [3.05, 3.63) is 0 Å². The molecular weight excluding hydrogens is 232 g/mol. The average molecular weight is 262 g/mol. The molecule has 4 rings (SSSR count). The van der Waals surface area contributed by atoms with Gasteiger partial charge in [0.25, 0.3) is 0 Å². The third-order valence-corrected chi connectivity index (χ3v) is 6.95. The van der Waals surface area contributed by atoms with E-state index in [-0.39, 0.29) is 0 Å². The number of rotatable bonds is 2. The molecule has 2 bridgehead atoms. The van der Waals surface area contributed by atoms with E-state index in [1.807, 2.05) is 0 Å². The van der Waals surface area contributed by atoms with Crippen LogP contribution in [-0.2, 0) is 0 Å². The van der Waals surface area contributed by atoms with E-state index in [0.717, 1.165) is 23.8 Å². The first-order valence-corrected chi connectivity index (χ1v) is 8.75. The Morgan fingerprint density at radius 1 is 1.16 bits per heavy atom. The van der Waals surface area contributed by atoms with E-state index in [9.17, 15) is 0 Å². The molecule has 4 aliphatic rings. The van der Waals surface area contributed by atoms with Crippen LogP contribution < -0.4 is 5.32 Å². The third-order valence-electron chi connectivity index (χ3n) is 6.95. The zero-order valence-electron chi connectivity index (χ0n) is 12.5. The summed E-state index contributed by atoms with van der Waals surface area (Å²) in [5.74, 6) is 3.20. The summed E-state index contributed by atoms with van der Waals surface area (Å²) in [4.78, 5) is 2.85. The SMILES string of the molecule is CC(C1CC2CCC1C2)N1CCNC2(CCCC2)C1. The number of nitrogens with zero attached hydrogens (tertiary/aromatic N) is 1. The van der Waals surface area contributed by atoms with Gasteiger partial charge in [-0.05, 0) is 56.8 Å². The smallest absolute Gasteiger partial charge is 0.0309 e. The van der Waals surface area contributed by atoms with Crippen molar-refractivity contribution in [3.8, 4) is 0 Å². The molecule has 108 valence electrons. The summed E-state index contributed by atoms with van der Waals surface area (Å²) in [6, 6.07) is 0.842. The molecule has 0 aromatic carbocycles. The molecule has 2 heteroatoms. The summed E-state index contributed by atoms with van der Waals surface area (Å²) in [5, 5.41) is 3.86. The van der Waals surface area contributed by atoms with Gasteiger partial charge in [0.1, 0.15) is 0 Å². The van der Waals surface area contributed by atoms with E-state index < -0.39 is 0 Å². The van der Waals surface area contributed by atoms with Crippen molar-refractivity contribution in [3.63, 3.8) is 0 Å². The molecule has 0 aromatic rings. The van der Waals surface area contributed by atoms with E-state index in [4.69, 9.17) is 0 Å². The minimum absolute atomic E-state index is 0.504. The molecule has 1 N–H and O–H groups in total. The molecule has 4 unspecified atom stereocenters. The third kappa shape index (κ3) is 2.15. The number of piperazine rings is 1. The van der Waals surface area contributed by atoms with Crippen LogP contribution in [0.5, 0.6) is 0 Å². The van der Waals surface area contributed by atoms with Gasteiger partial charge in [-0.15, -0.1) is 0 Å². The first kappa shape index (κ1) is 12.6. The fourth-order valence-corrected chi connectivity index (χ4v) is 5.88. The molecule has 4 atom stereocenters. The van der Waals surface area contributed by atoms with Gasteiger partial charge in [0.15, 0.2) is 0 Å². The lowest BCUT2D eigenvalue weighted by molar-refractivity contribution is 0.0576. The van der Waals surface area contributed by atoms with Gasteiger partial charge >= 0.3 is 0 Å². The highest BCUT2D eigenvalue weighted by atomic mass is 15.2. The molecule has 0 aromatic heterocycles. The first-order valence-electron chi connectivity index (χ1n) is 8.75. The topological polar surface area (TPSA) is 15.3 Å². The molecule has 0 radical (unpaired) electrons. The van der Waals surface area contributed by atoms with Crippen molar-refractivity contribution in [2.45, 2.75) is 69.9 Å². The predicted molar refractivity (Wildman–Crippen MR) is 79.2 cm³/mol.